The van der Waals surface area contributed by atoms with Crippen molar-refractivity contribution in [1.82, 2.24) is 9.55 Å². The minimum absolute atomic E-state index is 0.330. The summed E-state index contributed by atoms with van der Waals surface area (Å²) in [7, 11) is 1.60. The van der Waals surface area contributed by atoms with E-state index in [9.17, 15) is 0 Å². The first-order valence-corrected chi connectivity index (χ1v) is 11.3. The van der Waals surface area contributed by atoms with E-state index in [0.717, 1.165) is 33.2 Å². The van der Waals surface area contributed by atoms with Gasteiger partial charge in [-0.25, -0.2) is 10.4 Å². The Bertz CT molecular complexity index is 1270. The molecule has 4 aromatic rings. The van der Waals surface area contributed by atoms with Crippen molar-refractivity contribution in [2.75, 3.05) is 12.5 Å². The topological polar surface area (TPSA) is 60.7 Å². The minimum atomic E-state index is 0.330. The van der Waals surface area contributed by atoms with Crippen LogP contribution in [-0.4, -0.2) is 22.9 Å². The number of ether oxygens (including phenoxy) is 2. The molecule has 0 amide bonds. The van der Waals surface area contributed by atoms with Crippen molar-refractivity contribution in [2.24, 2.45) is 5.10 Å². The lowest BCUT2D eigenvalue weighted by Gasteiger charge is -2.14. The van der Waals surface area contributed by atoms with Crippen LogP contribution in [0.25, 0.3) is 11.0 Å². The second-order valence-electron chi connectivity index (χ2n) is 6.95. The summed E-state index contributed by atoms with van der Waals surface area (Å²) in [6.07, 6.45) is 1.71. The molecule has 0 aliphatic carbocycles. The van der Waals surface area contributed by atoms with Crippen LogP contribution in [0.3, 0.4) is 0 Å². The van der Waals surface area contributed by atoms with E-state index in [1.807, 2.05) is 60.7 Å². The zero-order valence-corrected chi connectivity index (χ0v) is 20.0. The van der Waals surface area contributed by atoms with Crippen LogP contribution in [0, 0.1) is 0 Å². The molecule has 0 aliphatic rings. The average molecular weight is 514 g/mol. The monoisotopic (exact) mass is 512 g/mol. The smallest absolute Gasteiger partial charge is 0.224 e. The number of rotatable bonds is 8. The van der Waals surface area contributed by atoms with Gasteiger partial charge in [0.1, 0.15) is 6.61 Å². The van der Waals surface area contributed by atoms with Crippen LogP contribution < -0.4 is 14.9 Å². The number of para-hydroxylation sites is 2. The Balaban J connectivity index is 1.52. The molecule has 0 aliphatic heterocycles. The molecule has 0 bridgehead atoms. The van der Waals surface area contributed by atoms with Gasteiger partial charge in [0, 0.05) is 17.1 Å². The van der Waals surface area contributed by atoms with Gasteiger partial charge >= 0.3 is 0 Å². The third-order valence-electron chi connectivity index (χ3n) is 4.93. The maximum atomic E-state index is 6.23. The Labute approximate surface area is 200 Å². The van der Waals surface area contributed by atoms with E-state index in [2.05, 4.69) is 42.9 Å². The molecule has 1 aromatic heterocycles. The zero-order valence-electron chi connectivity index (χ0n) is 17.7. The number of nitrogens with one attached hydrogen (secondary N) is 1. The highest BCUT2D eigenvalue weighted by Gasteiger charge is 2.13. The highest BCUT2D eigenvalue weighted by Crippen LogP contribution is 2.37. The summed E-state index contributed by atoms with van der Waals surface area (Å²) >= 11 is 9.81. The molecule has 1 heterocycles. The van der Waals surface area contributed by atoms with Crippen molar-refractivity contribution in [3.63, 3.8) is 0 Å². The van der Waals surface area contributed by atoms with E-state index >= 15 is 0 Å². The Morgan fingerprint density at radius 3 is 2.72 bits per heavy atom. The molecule has 164 valence electrons. The number of hydrazone groups is 1. The zero-order chi connectivity index (χ0) is 22.5. The SMILES string of the molecule is CCn1c(N/N=C\c2cc(Br)c(OCc3ccccc3Cl)c(OC)c2)nc2ccccc21. The number of fused-ring (bicyclic) bond motifs is 1. The van der Waals surface area contributed by atoms with E-state index in [1.165, 1.54) is 0 Å². The molecular formula is C24H22BrClN4O2. The number of aryl methyl sites for hydroxylation is 1. The van der Waals surface area contributed by atoms with Crippen molar-refractivity contribution < 1.29 is 9.47 Å². The van der Waals surface area contributed by atoms with Crippen LogP contribution in [0.4, 0.5) is 5.95 Å². The molecule has 8 heteroatoms. The number of benzene rings is 3. The van der Waals surface area contributed by atoms with E-state index in [4.69, 9.17) is 21.1 Å². The molecule has 3 aromatic carbocycles. The fraction of sp³-hybridized carbons (Fsp3) is 0.167. The predicted molar refractivity (Wildman–Crippen MR) is 133 cm³/mol. The molecule has 0 spiro atoms. The van der Waals surface area contributed by atoms with Crippen molar-refractivity contribution >= 4 is 50.7 Å². The Morgan fingerprint density at radius 2 is 1.94 bits per heavy atom. The van der Waals surface area contributed by atoms with Crippen molar-refractivity contribution in [1.29, 1.82) is 0 Å². The van der Waals surface area contributed by atoms with Crippen LogP contribution in [0.5, 0.6) is 11.5 Å². The number of nitrogens with zero attached hydrogens (tertiary/aromatic N) is 3. The number of methoxy groups -OCH3 is 1. The lowest BCUT2D eigenvalue weighted by atomic mass is 10.2. The lowest BCUT2D eigenvalue weighted by molar-refractivity contribution is 0.282. The van der Waals surface area contributed by atoms with E-state index in [-0.39, 0.29) is 0 Å². The first-order chi connectivity index (χ1) is 15.6. The predicted octanol–water partition coefficient (Wildman–Crippen LogP) is 6.51. The van der Waals surface area contributed by atoms with Crippen LogP contribution in [0.15, 0.2) is 70.2 Å². The molecule has 0 radical (unpaired) electrons. The van der Waals surface area contributed by atoms with Crippen LogP contribution in [-0.2, 0) is 13.2 Å². The first kappa shape index (κ1) is 22.2. The second kappa shape index (κ2) is 10.1. The summed E-state index contributed by atoms with van der Waals surface area (Å²) in [4.78, 5) is 4.61. The number of imidazole rings is 1. The summed E-state index contributed by atoms with van der Waals surface area (Å²) < 4.78 is 14.4. The van der Waals surface area contributed by atoms with E-state index in [1.54, 1.807) is 13.3 Å². The largest absolute Gasteiger partial charge is 0.493 e. The van der Waals surface area contributed by atoms with Gasteiger partial charge in [-0.1, -0.05) is 41.9 Å². The van der Waals surface area contributed by atoms with Gasteiger partial charge < -0.3 is 14.0 Å². The van der Waals surface area contributed by atoms with Crippen molar-refractivity contribution in [3.8, 4) is 11.5 Å². The molecule has 0 unspecified atom stereocenters. The number of aromatic nitrogens is 2. The molecule has 0 atom stereocenters. The molecule has 32 heavy (non-hydrogen) atoms. The van der Waals surface area contributed by atoms with Gasteiger partial charge in [0.2, 0.25) is 5.95 Å². The lowest BCUT2D eigenvalue weighted by Crippen LogP contribution is -2.02. The number of anilines is 1. The third-order valence-corrected chi connectivity index (χ3v) is 5.89. The minimum Gasteiger partial charge on any atom is -0.493 e. The molecule has 0 fully saturated rings. The maximum Gasteiger partial charge on any atom is 0.224 e. The van der Waals surface area contributed by atoms with Gasteiger partial charge in [0.05, 0.1) is 28.8 Å². The Hall–Kier alpha value is -3.03. The Kier molecular flexibility index (Phi) is 6.97. The van der Waals surface area contributed by atoms with Crippen molar-refractivity contribution in [2.45, 2.75) is 20.1 Å². The standard InChI is InChI=1S/C24H22BrClN4O2/c1-3-30-21-11-7-6-10-20(21)28-24(30)29-27-14-16-12-18(25)23(22(13-16)31-2)32-15-17-8-4-5-9-19(17)26/h4-14H,3,15H2,1-2H3,(H,28,29)/b27-14-. The summed E-state index contributed by atoms with van der Waals surface area (Å²) in [5.41, 5.74) is 6.78. The average Bonchev–Trinajstić information content (AvgIpc) is 3.16. The van der Waals surface area contributed by atoms with Gasteiger partial charge in [-0.2, -0.15) is 5.10 Å². The molecule has 1 N–H and O–H groups in total. The van der Waals surface area contributed by atoms with Gasteiger partial charge in [-0.15, -0.1) is 0 Å². The number of hydrogen-bond acceptors (Lipinski definition) is 5. The molecule has 4 rings (SSSR count). The van der Waals surface area contributed by atoms with Crippen LogP contribution >= 0.6 is 27.5 Å². The molecule has 0 saturated heterocycles. The van der Waals surface area contributed by atoms with Gasteiger partial charge in [0.15, 0.2) is 11.5 Å². The first-order valence-electron chi connectivity index (χ1n) is 10.1. The highest BCUT2D eigenvalue weighted by atomic mass is 79.9. The van der Waals surface area contributed by atoms with Gasteiger partial charge in [-0.3, -0.25) is 0 Å². The third kappa shape index (κ3) is 4.74. The fourth-order valence-electron chi connectivity index (χ4n) is 3.37. The normalized spacial score (nSPS) is 11.2. The Morgan fingerprint density at radius 1 is 1.16 bits per heavy atom. The van der Waals surface area contributed by atoms with Crippen LogP contribution in [0.2, 0.25) is 5.02 Å². The summed E-state index contributed by atoms with van der Waals surface area (Å²) in [5.74, 6) is 1.88. The molecular weight excluding hydrogens is 492 g/mol. The van der Waals surface area contributed by atoms with Gasteiger partial charge in [0.25, 0.3) is 0 Å². The second-order valence-corrected chi connectivity index (χ2v) is 8.21. The molecule has 6 nitrogen and oxygen atoms in total. The van der Waals surface area contributed by atoms with E-state index in [0.29, 0.717) is 29.1 Å². The van der Waals surface area contributed by atoms with E-state index < -0.39 is 0 Å². The summed E-state index contributed by atoms with van der Waals surface area (Å²) in [6.45, 7) is 3.19. The van der Waals surface area contributed by atoms with Crippen LogP contribution in [0.1, 0.15) is 18.1 Å². The number of hydrogen-bond donors (Lipinski definition) is 1. The van der Waals surface area contributed by atoms with Gasteiger partial charge in [-0.05, 0) is 58.7 Å². The fourth-order valence-corrected chi connectivity index (χ4v) is 4.13. The summed E-state index contributed by atoms with van der Waals surface area (Å²) in [5, 5.41) is 5.04. The number of halogens is 2. The molecule has 0 saturated carbocycles. The summed E-state index contributed by atoms with van der Waals surface area (Å²) in [6, 6.07) is 19.4. The highest BCUT2D eigenvalue weighted by molar-refractivity contribution is 9.10. The quantitative estimate of drug-likeness (QED) is 0.216. The van der Waals surface area contributed by atoms with Crippen molar-refractivity contribution in [3.05, 3.63) is 81.3 Å². The maximum absolute atomic E-state index is 6.23.